The molecule has 5 heteroatoms. The van der Waals surface area contributed by atoms with Gasteiger partial charge in [-0.2, -0.15) is 0 Å². The molecule has 2 rings (SSSR count). The van der Waals surface area contributed by atoms with E-state index in [9.17, 15) is 8.78 Å². The van der Waals surface area contributed by atoms with Gasteiger partial charge in [0.15, 0.2) is 11.6 Å². The van der Waals surface area contributed by atoms with Crippen molar-refractivity contribution in [2.45, 2.75) is 20.1 Å². The minimum absolute atomic E-state index is 0.0417. The van der Waals surface area contributed by atoms with Crippen molar-refractivity contribution >= 4 is 15.9 Å². The maximum Gasteiger partial charge on any atom is 0.167 e. The normalized spacial score (nSPS) is 10.7. The summed E-state index contributed by atoms with van der Waals surface area (Å²) in [5.41, 5.74) is 2.06. The summed E-state index contributed by atoms with van der Waals surface area (Å²) < 4.78 is 32.6. The molecule has 0 aliphatic carbocycles. The number of hydrogen-bond acceptors (Lipinski definition) is 2. The van der Waals surface area contributed by atoms with Crippen molar-refractivity contribution in [1.82, 2.24) is 5.32 Å². The molecule has 2 aromatic carbocycles. The zero-order valence-corrected chi connectivity index (χ0v) is 13.2. The van der Waals surface area contributed by atoms with Crippen LogP contribution in [0.1, 0.15) is 18.1 Å². The van der Waals surface area contributed by atoms with Crippen molar-refractivity contribution in [3.05, 3.63) is 63.6 Å². The molecule has 1 N–H and O–H groups in total. The van der Waals surface area contributed by atoms with Crippen LogP contribution in [0.4, 0.5) is 8.78 Å². The number of rotatable bonds is 6. The number of benzene rings is 2. The monoisotopic (exact) mass is 355 g/mol. The summed E-state index contributed by atoms with van der Waals surface area (Å²) in [7, 11) is 0. The molecule has 0 unspecified atom stereocenters. The molecule has 0 aliphatic rings. The molecule has 0 heterocycles. The molecule has 2 nitrogen and oxygen atoms in total. The first-order valence-corrected chi connectivity index (χ1v) is 7.45. The summed E-state index contributed by atoms with van der Waals surface area (Å²) in [6.45, 7) is 3.97. The van der Waals surface area contributed by atoms with Gasteiger partial charge in [0.25, 0.3) is 0 Å². The molecule has 0 aromatic heterocycles. The molecule has 21 heavy (non-hydrogen) atoms. The molecule has 0 bridgehead atoms. The van der Waals surface area contributed by atoms with E-state index in [-0.39, 0.29) is 12.4 Å². The Hall–Kier alpha value is -1.46. The second-order valence-electron chi connectivity index (χ2n) is 4.57. The van der Waals surface area contributed by atoms with Crippen LogP contribution in [0, 0.1) is 11.6 Å². The van der Waals surface area contributed by atoms with E-state index < -0.39 is 11.6 Å². The number of hydrogen-bond donors (Lipinski definition) is 1. The molecule has 0 amide bonds. The lowest BCUT2D eigenvalue weighted by molar-refractivity contribution is 0.288. The van der Waals surface area contributed by atoms with Crippen molar-refractivity contribution in [3.8, 4) is 5.75 Å². The molecular weight excluding hydrogens is 340 g/mol. The highest BCUT2D eigenvalue weighted by molar-refractivity contribution is 9.10. The third kappa shape index (κ3) is 4.51. The molecule has 0 saturated heterocycles. The molecule has 0 spiro atoms. The van der Waals surface area contributed by atoms with Gasteiger partial charge in [-0.25, -0.2) is 8.78 Å². The summed E-state index contributed by atoms with van der Waals surface area (Å²) in [5, 5.41) is 3.24. The van der Waals surface area contributed by atoms with E-state index in [0.717, 1.165) is 34.8 Å². The fourth-order valence-electron chi connectivity index (χ4n) is 1.83. The average molecular weight is 356 g/mol. The molecule has 112 valence electrons. The minimum Gasteiger partial charge on any atom is -0.486 e. The van der Waals surface area contributed by atoms with Crippen LogP contribution in [-0.4, -0.2) is 6.54 Å². The van der Waals surface area contributed by atoms with E-state index >= 15 is 0 Å². The predicted molar refractivity (Wildman–Crippen MR) is 82.2 cm³/mol. The lowest BCUT2D eigenvalue weighted by Crippen LogP contribution is -2.11. The largest absolute Gasteiger partial charge is 0.486 e. The van der Waals surface area contributed by atoms with Crippen molar-refractivity contribution in [3.63, 3.8) is 0 Å². The molecule has 0 atom stereocenters. The second kappa shape index (κ2) is 7.52. The third-order valence-corrected chi connectivity index (χ3v) is 3.71. The SMILES string of the molecule is CCNCc1ccc(COc2ccc(F)cc2F)c(Br)c1. The smallest absolute Gasteiger partial charge is 0.167 e. The van der Waals surface area contributed by atoms with Crippen LogP contribution in [0.15, 0.2) is 40.9 Å². The van der Waals surface area contributed by atoms with Gasteiger partial charge in [-0.3, -0.25) is 0 Å². The van der Waals surface area contributed by atoms with Gasteiger partial charge in [0.05, 0.1) is 0 Å². The van der Waals surface area contributed by atoms with Crippen LogP contribution in [0.5, 0.6) is 5.75 Å². The van der Waals surface area contributed by atoms with Crippen molar-refractivity contribution in [2.75, 3.05) is 6.54 Å². The fourth-order valence-corrected chi connectivity index (χ4v) is 2.38. The van der Waals surface area contributed by atoms with Crippen molar-refractivity contribution < 1.29 is 13.5 Å². The van der Waals surface area contributed by atoms with E-state index in [2.05, 4.69) is 28.2 Å². The average Bonchev–Trinajstić information content (AvgIpc) is 2.45. The first kappa shape index (κ1) is 15.9. The van der Waals surface area contributed by atoms with E-state index in [4.69, 9.17) is 4.74 Å². The Kier molecular flexibility index (Phi) is 5.70. The van der Waals surface area contributed by atoms with Gasteiger partial charge in [-0.15, -0.1) is 0 Å². The summed E-state index contributed by atoms with van der Waals surface area (Å²) in [6.07, 6.45) is 0. The lowest BCUT2D eigenvalue weighted by atomic mass is 10.1. The van der Waals surface area contributed by atoms with Crippen LogP contribution in [0.3, 0.4) is 0 Å². The fraction of sp³-hybridized carbons (Fsp3) is 0.250. The van der Waals surface area contributed by atoms with Crippen LogP contribution < -0.4 is 10.1 Å². The standard InChI is InChI=1S/C16H16BrF2NO/c1-2-20-9-11-3-4-12(14(17)7-11)10-21-16-6-5-13(18)8-15(16)19/h3-8,20H,2,9-10H2,1H3. The topological polar surface area (TPSA) is 21.3 Å². The molecule has 0 saturated carbocycles. The maximum absolute atomic E-state index is 13.5. The van der Waals surface area contributed by atoms with E-state index in [1.54, 1.807) is 0 Å². The van der Waals surface area contributed by atoms with Gasteiger partial charge in [-0.05, 0) is 30.3 Å². The van der Waals surface area contributed by atoms with Gasteiger partial charge in [0.2, 0.25) is 0 Å². The molecule has 2 aromatic rings. The molecule has 0 radical (unpaired) electrons. The van der Waals surface area contributed by atoms with Crippen LogP contribution in [-0.2, 0) is 13.2 Å². The van der Waals surface area contributed by atoms with Gasteiger partial charge in [0, 0.05) is 22.6 Å². The predicted octanol–water partition coefficient (Wildman–Crippen LogP) is 4.42. The van der Waals surface area contributed by atoms with Gasteiger partial charge < -0.3 is 10.1 Å². The molecular formula is C16H16BrF2NO. The number of halogens is 3. The first-order valence-electron chi connectivity index (χ1n) is 6.66. The van der Waals surface area contributed by atoms with Gasteiger partial charge in [0.1, 0.15) is 12.4 Å². The van der Waals surface area contributed by atoms with E-state index in [0.29, 0.717) is 0 Å². The van der Waals surface area contributed by atoms with Gasteiger partial charge >= 0.3 is 0 Å². The Labute approximate surface area is 131 Å². The zero-order chi connectivity index (χ0) is 15.2. The first-order chi connectivity index (χ1) is 10.1. The summed E-state index contributed by atoms with van der Waals surface area (Å²) in [4.78, 5) is 0. The van der Waals surface area contributed by atoms with Crippen LogP contribution >= 0.6 is 15.9 Å². The second-order valence-corrected chi connectivity index (χ2v) is 5.42. The highest BCUT2D eigenvalue weighted by Crippen LogP contribution is 2.23. The minimum atomic E-state index is -0.699. The van der Waals surface area contributed by atoms with Crippen molar-refractivity contribution in [1.29, 1.82) is 0 Å². The van der Waals surface area contributed by atoms with Crippen molar-refractivity contribution in [2.24, 2.45) is 0 Å². The molecule has 0 fully saturated rings. The summed E-state index contributed by atoms with van der Waals surface area (Å²) >= 11 is 3.48. The Morgan fingerprint density at radius 2 is 1.95 bits per heavy atom. The van der Waals surface area contributed by atoms with Crippen LogP contribution in [0.25, 0.3) is 0 Å². The Balaban J connectivity index is 2.02. The van der Waals surface area contributed by atoms with E-state index in [1.165, 1.54) is 12.1 Å². The Bertz CT molecular complexity index is 619. The summed E-state index contributed by atoms with van der Waals surface area (Å²) in [6, 6.07) is 9.20. The molecule has 0 aliphatic heterocycles. The number of ether oxygens (including phenoxy) is 1. The number of nitrogens with one attached hydrogen (secondary N) is 1. The Morgan fingerprint density at radius 3 is 2.62 bits per heavy atom. The highest BCUT2D eigenvalue weighted by Gasteiger charge is 2.07. The zero-order valence-electron chi connectivity index (χ0n) is 11.6. The lowest BCUT2D eigenvalue weighted by Gasteiger charge is -2.10. The van der Waals surface area contributed by atoms with Gasteiger partial charge in [-0.1, -0.05) is 35.0 Å². The third-order valence-electron chi connectivity index (χ3n) is 2.97. The van der Waals surface area contributed by atoms with Crippen LogP contribution in [0.2, 0.25) is 0 Å². The quantitative estimate of drug-likeness (QED) is 0.828. The summed E-state index contributed by atoms with van der Waals surface area (Å²) in [5.74, 6) is -1.27. The Morgan fingerprint density at radius 1 is 1.14 bits per heavy atom. The van der Waals surface area contributed by atoms with E-state index in [1.807, 2.05) is 18.2 Å². The highest BCUT2D eigenvalue weighted by atomic mass is 79.9. The maximum atomic E-state index is 13.5.